The van der Waals surface area contributed by atoms with Gasteiger partial charge in [0.05, 0.1) is 16.2 Å². The number of sulfone groups is 1. The first-order valence-electron chi connectivity index (χ1n) is 4.78. The van der Waals surface area contributed by atoms with Crippen LogP contribution in [0, 0.1) is 0 Å². The van der Waals surface area contributed by atoms with Crippen LogP contribution in [0.2, 0.25) is 0 Å². The van der Waals surface area contributed by atoms with Crippen LogP contribution in [0.15, 0.2) is 27.6 Å². The number of nitrogens with two attached hydrogens (primary N) is 1. The number of amides is 1. The van der Waals surface area contributed by atoms with E-state index in [1.807, 2.05) is 0 Å². The number of halogens is 1. The van der Waals surface area contributed by atoms with Crippen LogP contribution in [0.25, 0.3) is 0 Å². The Balaban J connectivity index is 3.14. The van der Waals surface area contributed by atoms with E-state index >= 15 is 0 Å². The van der Waals surface area contributed by atoms with Crippen LogP contribution < -0.4 is 5.73 Å². The molecule has 8 heteroatoms. The lowest BCUT2D eigenvalue weighted by Crippen LogP contribution is -2.17. The number of hydrogen-bond acceptors (Lipinski definition) is 4. The quantitative estimate of drug-likeness (QED) is 0.825. The number of primary amides is 1. The van der Waals surface area contributed by atoms with Crippen molar-refractivity contribution < 1.29 is 23.1 Å². The molecule has 0 saturated carbocycles. The van der Waals surface area contributed by atoms with Gasteiger partial charge in [0.15, 0.2) is 9.84 Å². The Morgan fingerprint density at radius 3 is 2.44 bits per heavy atom. The van der Waals surface area contributed by atoms with Gasteiger partial charge >= 0.3 is 5.97 Å². The summed E-state index contributed by atoms with van der Waals surface area (Å²) in [6.45, 7) is 0. The van der Waals surface area contributed by atoms with Crippen LogP contribution in [0.3, 0.4) is 0 Å². The van der Waals surface area contributed by atoms with Crippen LogP contribution in [-0.4, -0.2) is 31.2 Å². The second-order valence-corrected chi connectivity index (χ2v) is 6.45. The molecule has 0 radical (unpaired) electrons. The number of carbonyl (C=O) groups is 2. The second-order valence-electron chi connectivity index (χ2n) is 3.48. The summed E-state index contributed by atoms with van der Waals surface area (Å²) in [6, 6.07) is 3.65. The summed E-state index contributed by atoms with van der Waals surface area (Å²) in [5, 5.41) is 8.88. The van der Waals surface area contributed by atoms with Gasteiger partial charge in [0.1, 0.15) is 0 Å². The molecule has 18 heavy (non-hydrogen) atoms. The molecule has 0 atom stereocenters. The van der Waals surface area contributed by atoms with Crippen molar-refractivity contribution in [3.05, 3.63) is 28.2 Å². The Bertz CT molecular complexity index is 596. The molecule has 3 N–H and O–H groups in total. The molecule has 0 saturated heterocycles. The van der Waals surface area contributed by atoms with E-state index in [4.69, 9.17) is 10.8 Å². The predicted octanol–water partition coefficient (Wildman–Crippen LogP) is 0.796. The molecule has 1 amide bonds. The van der Waals surface area contributed by atoms with Crippen molar-refractivity contribution in [2.24, 2.45) is 5.73 Å². The predicted molar refractivity (Wildman–Crippen MR) is 67.0 cm³/mol. The molecule has 0 unspecified atom stereocenters. The molecule has 1 rings (SSSR count). The van der Waals surface area contributed by atoms with Gasteiger partial charge in [-0.2, -0.15) is 0 Å². The fourth-order valence-electron chi connectivity index (χ4n) is 1.21. The standard InChI is InChI=1S/C10H10BrNO5S/c11-8-2-1-6(5-7(8)10(14)15)18(16,17)4-3-9(12)13/h1-2,5H,3-4H2,(H2,12,13)(H,14,15). The van der Waals surface area contributed by atoms with E-state index in [9.17, 15) is 18.0 Å². The van der Waals surface area contributed by atoms with Crippen molar-refractivity contribution in [2.45, 2.75) is 11.3 Å². The van der Waals surface area contributed by atoms with Crippen molar-refractivity contribution in [3.63, 3.8) is 0 Å². The number of rotatable bonds is 5. The lowest BCUT2D eigenvalue weighted by atomic mass is 10.2. The Morgan fingerprint density at radius 2 is 1.94 bits per heavy atom. The van der Waals surface area contributed by atoms with E-state index in [0.29, 0.717) is 0 Å². The molecule has 1 aromatic carbocycles. The van der Waals surface area contributed by atoms with Gasteiger partial charge in [-0.25, -0.2) is 13.2 Å². The summed E-state index contributed by atoms with van der Waals surface area (Å²) in [5.41, 5.74) is 4.72. The number of benzene rings is 1. The van der Waals surface area contributed by atoms with Crippen LogP contribution in [0.4, 0.5) is 0 Å². The SMILES string of the molecule is NC(=O)CCS(=O)(=O)c1ccc(Br)c(C(=O)O)c1. The van der Waals surface area contributed by atoms with Crippen LogP contribution in [-0.2, 0) is 14.6 Å². The third-order valence-electron chi connectivity index (χ3n) is 2.14. The van der Waals surface area contributed by atoms with Crippen molar-refractivity contribution in [3.8, 4) is 0 Å². The second kappa shape index (κ2) is 5.49. The van der Waals surface area contributed by atoms with E-state index in [0.717, 1.165) is 6.07 Å². The highest BCUT2D eigenvalue weighted by molar-refractivity contribution is 9.10. The molecule has 98 valence electrons. The van der Waals surface area contributed by atoms with Crippen molar-refractivity contribution >= 4 is 37.6 Å². The van der Waals surface area contributed by atoms with Gasteiger partial charge < -0.3 is 10.8 Å². The molecule has 0 heterocycles. The zero-order chi connectivity index (χ0) is 13.9. The average molecular weight is 336 g/mol. The van der Waals surface area contributed by atoms with Gasteiger partial charge in [-0.15, -0.1) is 0 Å². The van der Waals surface area contributed by atoms with E-state index in [-0.39, 0.29) is 21.4 Å². The summed E-state index contributed by atoms with van der Waals surface area (Å²) in [7, 11) is -3.71. The summed E-state index contributed by atoms with van der Waals surface area (Å²) < 4.78 is 23.9. The molecule has 0 aliphatic rings. The summed E-state index contributed by atoms with van der Waals surface area (Å²) >= 11 is 3.01. The highest BCUT2D eigenvalue weighted by Crippen LogP contribution is 2.22. The maximum absolute atomic E-state index is 11.8. The minimum absolute atomic E-state index is 0.149. The van der Waals surface area contributed by atoms with Crippen LogP contribution in [0.5, 0.6) is 0 Å². The fourth-order valence-corrected chi connectivity index (χ4v) is 2.91. The Labute approximate surface area is 112 Å². The average Bonchev–Trinajstić information content (AvgIpc) is 2.26. The minimum Gasteiger partial charge on any atom is -0.478 e. The monoisotopic (exact) mass is 335 g/mol. The van der Waals surface area contributed by atoms with Gasteiger partial charge in [0, 0.05) is 10.9 Å². The number of aromatic carboxylic acids is 1. The molecular formula is C10H10BrNO5S. The van der Waals surface area contributed by atoms with Gasteiger partial charge in [0.25, 0.3) is 0 Å². The number of hydrogen-bond donors (Lipinski definition) is 2. The molecule has 0 bridgehead atoms. The maximum atomic E-state index is 11.8. The Morgan fingerprint density at radius 1 is 1.33 bits per heavy atom. The smallest absolute Gasteiger partial charge is 0.336 e. The highest BCUT2D eigenvalue weighted by atomic mass is 79.9. The molecular weight excluding hydrogens is 326 g/mol. The topological polar surface area (TPSA) is 115 Å². The normalized spacial score (nSPS) is 11.2. The third-order valence-corrected chi connectivity index (χ3v) is 4.55. The number of carboxylic acid groups (broad SMARTS) is 1. The maximum Gasteiger partial charge on any atom is 0.336 e. The zero-order valence-corrected chi connectivity index (χ0v) is 11.5. The Kier molecular flexibility index (Phi) is 4.47. The molecule has 0 aliphatic heterocycles. The number of carboxylic acids is 1. The molecule has 6 nitrogen and oxygen atoms in total. The van der Waals surface area contributed by atoms with Gasteiger partial charge in [-0.05, 0) is 34.1 Å². The summed E-state index contributed by atoms with van der Waals surface area (Å²) in [5.74, 6) is -2.41. The molecule has 0 aromatic heterocycles. The molecule has 0 aliphatic carbocycles. The van der Waals surface area contributed by atoms with Crippen molar-refractivity contribution in [1.82, 2.24) is 0 Å². The first-order valence-corrected chi connectivity index (χ1v) is 7.22. The van der Waals surface area contributed by atoms with Crippen LogP contribution >= 0.6 is 15.9 Å². The van der Waals surface area contributed by atoms with Crippen molar-refractivity contribution in [1.29, 1.82) is 0 Å². The van der Waals surface area contributed by atoms with E-state index < -0.39 is 27.5 Å². The van der Waals surface area contributed by atoms with E-state index in [1.54, 1.807) is 0 Å². The lowest BCUT2D eigenvalue weighted by molar-refractivity contribution is -0.117. The van der Waals surface area contributed by atoms with Crippen LogP contribution in [0.1, 0.15) is 16.8 Å². The van der Waals surface area contributed by atoms with Gasteiger partial charge in [0.2, 0.25) is 5.91 Å². The van der Waals surface area contributed by atoms with Gasteiger partial charge in [-0.1, -0.05) is 0 Å². The summed E-state index contributed by atoms with van der Waals surface area (Å²) in [6.07, 6.45) is -0.305. The third kappa shape index (κ3) is 3.54. The largest absolute Gasteiger partial charge is 0.478 e. The first kappa shape index (κ1) is 14.7. The highest BCUT2D eigenvalue weighted by Gasteiger charge is 2.19. The van der Waals surface area contributed by atoms with Gasteiger partial charge in [-0.3, -0.25) is 4.79 Å². The minimum atomic E-state index is -3.71. The first-order chi connectivity index (χ1) is 8.24. The molecule has 1 aromatic rings. The van der Waals surface area contributed by atoms with E-state index in [1.165, 1.54) is 12.1 Å². The lowest BCUT2D eigenvalue weighted by Gasteiger charge is -2.05. The molecule has 0 spiro atoms. The molecule has 0 fully saturated rings. The summed E-state index contributed by atoms with van der Waals surface area (Å²) in [4.78, 5) is 21.3. The zero-order valence-electron chi connectivity index (χ0n) is 9.09. The van der Waals surface area contributed by atoms with E-state index in [2.05, 4.69) is 15.9 Å². The number of carbonyl (C=O) groups excluding carboxylic acids is 1. The van der Waals surface area contributed by atoms with Crippen molar-refractivity contribution in [2.75, 3.05) is 5.75 Å². The fraction of sp³-hybridized carbons (Fsp3) is 0.200. The Hall–Kier alpha value is -1.41.